The van der Waals surface area contributed by atoms with E-state index >= 15 is 0 Å². The second-order valence-corrected chi connectivity index (χ2v) is 4.34. The van der Waals surface area contributed by atoms with Gasteiger partial charge in [-0.05, 0) is 26.0 Å². The molecule has 1 N–H and O–H groups in total. The second kappa shape index (κ2) is 6.77. The van der Waals surface area contributed by atoms with Gasteiger partial charge in [-0.25, -0.2) is 0 Å². The number of aliphatic hydroxyl groups is 1. The van der Waals surface area contributed by atoms with Crippen LogP contribution >= 0.6 is 0 Å². The van der Waals surface area contributed by atoms with E-state index in [9.17, 15) is 18.3 Å². The molecular weight excluding hydrogens is 261 g/mol. The zero-order valence-corrected chi connectivity index (χ0v) is 10.8. The van der Waals surface area contributed by atoms with E-state index in [1.54, 1.807) is 13.8 Å². The molecule has 0 spiro atoms. The number of benzene rings is 1. The molecule has 0 aliphatic carbocycles. The van der Waals surface area contributed by atoms with Gasteiger partial charge in [0.15, 0.2) is 0 Å². The van der Waals surface area contributed by atoms with Crippen molar-refractivity contribution in [2.24, 2.45) is 0 Å². The highest BCUT2D eigenvalue weighted by Gasteiger charge is 2.34. The summed E-state index contributed by atoms with van der Waals surface area (Å²) in [5.74, 6) is -0.293. The summed E-state index contributed by atoms with van der Waals surface area (Å²) in [6, 6.07) is 4.89. The van der Waals surface area contributed by atoms with Gasteiger partial charge in [-0.2, -0.15) is 13.2 Å². The SMILES string of the molecule is CC(C)OCC(O)COc1ccccc1C(F)(F)F. The topological polar surface area (TPSA) is 38.7 Å². The fourth-order valence-corrected chi connectivity index (χ4v) is 1.36. The molecule has 0 saturated carbocycles. The van der Waals surface area contributed by atoms with Crippen molar-refractivity contribution >= 4 is 0 Å². The molecule has 3 nitrogen and oxygen atoms in total. The Labute approximate surface area is 110 Å². The molecule has 0 radical (unpaired) electrons. The zero-order valence-electron chi connectivity index (χ0n) is 10.8. The van der Waals surface area contributed by atoms with Gasteiger partial charge in [0.2, 0.25) is 0 Å². The lowest BCUT2D eigenvalue weighted by molar-refractivity contribution is -0.139. The Morgan fingerprint density at radius 3 is 2.37 bits per heavy atom. The number of alkyl halides is 3. The van der Waals surface area contributed by atoms with Gasteiger partial charge < -0.3 is 14.6 Å². The molecule has 0 fully saturated rings. The molecule has 0 saturated heterocycles. The maximum Gasteiger partial charge on any atom is 0.419 e. The van der Waals surface area contributed by atoms with Crippen molar-refractivity contribution in [1.29, 1.82) is 0 Å². The Morgan fingerprint density at radius 1 is 1.16 bits per heavy atom. The summed E-state index contributed by atoms with van der Waals surface area (Å²) in [7, 11) is 0. The number of aliphatic hydroxyl groups excluding tert-OH is 1. The molecule has 1 aromatic carbocycles. The summed E-state index contributed by atoms with van der Waals surface area (Å²) >= 11 is 0. The predicted molar refractivity (Wildman–Crippen MR) is 64.0 cm³/mol. The molecule has 1 unspecified atom stereocenters. The van der Waals surface area contributed by atoms with E-state index in [1.165, 1.54) is 18.2 Å². The second-order valence-electron chi connectivity index (χ2n) is 4.34. The summed E-state index contributed by atoms with van der Waals surface area (Å²) in [5.41, 5.74) is -0.855. The molecular formula is C13H17F3O3. The highest BCUT2D eigenvalue weighted by Crippen LogP contribution is 2.35. The van der Waals surface area contributed by atoms with E-state index in [0.29, 0.717) is 0 Å². The summed E-state index contributed by atoms with van der Waals surface area (Å²) in [6.45, 7) is 3.37. The van der Waals surface area contributed by atoms with Gasteiger partial charge in [0.05, 0.1) is 18.3 Å². The number of halogens is 3. The first-order valence-corrected chi connectivity index (χ1v) is 5.89. The minimum absolute atomic E-state index is 0.0197. The first-order chi connectivity index (χ1) is 8.80. The molecule has 1 aromatic rings. The molecule has 0 aliphatic heterocycles. The van der Waals surface area contributed by atoms with Gasteiger partial charge >= 0.3 is 6.18 Å². The Hall–Kier alpha value is -1.27. The average Bonchev–Trinajstić information content (AvgIpc) is 2.33. The van der Waals surface area contributed by atoms with Crippen LogP contribution in [0.15, 0.2) is 24.3 Å². The van der Waals surface area contributed by atoms with Crippen molar-refractivity contribution in [1.82, 2.24) is 0 Å². The molecule has 108 valence electrons. The van der Waals surface area contributed by atoms with E-state index in [0.717, 1.165) is 6.07 Å². The monoisotopic (exact) mass is 278 g/mol. The maximum absolute atomic E-state index is 12.7. The standard InChI is InChI=1S/C13H17F3O3/c1-9(2)18-7-10(17)8-19-12-6-4-3-5-11(12)13(14,15)16/h3-6,9-10,17H,7-8H2,1-2H3. The molecule has 1 rings (SSSR count). The maximum atomic E-state index is 12.7. The van der Waals surface area contributed by atoms with Crippen molar-refractivity contribution in [2.45, 2.75) is 32.2 Å². The van der Waals surface area contributed by atoms with Gasteiger partial charge in [-0.1, -0.05) is 12.1 Å². The molecule has 0 amide bonds. The molecule has 19 heavy (non-hydrogen) atoms. The van der Waals surface area contributed by atoms with Gasteiger partial charge in [-0.15, -0.1) is 0 Å². The van der Waals surface area contributed by atoms with Crippen LogP contribution in [0.1, 0.15) is 19.4 Å². The summed E-state index contributed by atoms with van der Waals surface area (Å²) in [4.78, 5) is 0. The lowest BCUT2D eigenvalue weighted by Gasteiger charge is -2.17. The number of hydrogen-bond acceptors (Lipinski definition) is 3. The molecule has 0 bridgehead atoms. The largest absolute Gasteiger partial charge is 0.490 e. The van der Waals surface area contributed by atoms with Gasteiger partial charge in [0.25, 0.3) is 0 Å². The van der Waals surface area contributed by atoms with Crippen LogP contribution in [0, 0.1) is 0 Å². The fourth-order valence-electron chi connectivity index (χ4n) is 1.36. The van der Waals surface area contributed by atoms with Crippen molar-refractivity contribution in [3.8, 4) is 5.75 Å². The normalized spacial score (nSPS) is 13.6. The quantitative estimate of drug-likeness (QED) is 0.869. The predicted octanol–water partition coefficient (Wildman–Crippen LogP) is 2.87. The lowest BCUT2D eigenvalue weighted by Crippen LogP contribution is -2.25. The molecule has 0 aliphatic rings. The van der Waals surface area contributed by atoms with Crippen LogP contribution in [0.25, 0.3) is 0 Å². The van der Waals surface area contributed by atoms with Crippen LogP contribution in [0.2, 0.25) is 0 Å². The minimum Gasteiger partial charge on any atom is -0.490 e. The average molecular weight is 278 g/mol. The first kappa shape index (κ1) is 15.8. The first-order valence-electron chi connectivity index (χ1n) is 5.89. The minimum atomic E-state index is -4.48. The number of ether oxygens (including phenoxy) is 2. The number of rotatable bonds is 6. The van der Waals surface area contributed by atoms with Crippen LogP contribution in [0.3, 0.4) is 0 Å². The van der Waals surface area contributed by atoms with Crippen LogP contribution in [-0.4, -0.2) is 30.5 Å². The summed E-state index contributed by atoms with van der Waals surface area (Å²) in [5, 5.41) is 9.52. The lowest BCUT2D eigenvalue weighted by atomic mass is 10.2. The van der Waals surface area contributed by atoms with E-state index < -0.39 is 17.8 Å². The number of hydrogen-bond donors (Lipinski definition) is 1. The third-order valence-electron chi connectivity index (χ3n) is 2.25. The van der Waals surface area contributed by atoms with Gasteiger partial charge in [0.1, 0.15) is 18.5 Å². The van der Waals surface area contributed by atoms with Gasteiger partial charge in [0, 0.05) is 0 Å². The van der Waals surface area contributed by atoms with Crippen molar-refractivity contribution in [3.63, 3.8) is 0 Å². The highest BCUT2D eigenvalue weighted by atomic mass is 19.4. The van der Waals surface area contributed by atoms with Crippen molar-refractivity contribution in [2.75, 3.05) is 13.2 Å². The van der Waals surface area contributed by atoms with Crippen LogP contribution in [-0.2, 0) is 10.9 Å². The van der Waals surface area contributed by atoms with E-state index in [-0.39, 0.29) is 25.1 Å². The number of para-hydroxylation sites is 1. The van der Waals surface area contributed by atoms with Crippen LogP contribution in [0.5, 0.6) is 5.75 Å². The van der Waals surface area contributed by atoms with Crippen molar-refractivity contribution < 1.29 is 27.8 Å². The molecule has 6 heteroatoms. The van der Waals surface area contributed by atoms with Gasteiger partial charge in [-0.3, -0.25) is 0 Å². The smallest absolute Gasteiger partial charge is 0.419 e. The van der Waals surface area contributed by atoms with E-state index in [4.69, 9.17) is 9.47 Å². The highest BCUT2D eigenvalue weighted by molar-refractivity contribution is 5.35. The van der Waals surface area contributed by atoms with Crippen LogP contribution in [0.4, 0.5) is 13.2 Å². The van der Waals surface area contributed by atoms with E-state index in [1.807, 2.05) is 0 Å². The summed E-state index contributed by atoms with van der Waals surface area (Å²) in [6.07, 6.45) is -5.50. The molecule has 0 heterocycles. The van der Waals surface area contributed by atoms with E-state index in [2.05, 4.69) is 0 Å². The fraction of sp³-hybridized carbons (Fsp3) is 0.538. The summed E-state index contributed by atoms with van der Waals surface area (Å²) < 4.78 is 48.1. The third-order valence-corrected chi connectivity index (χ3v) is 2.25. The molecule has 1 atom stereocenters. The Kier molecular flexibility index (Phi) is 5.62. The van der Waals surface area contributed by atoms with Crippen molar-refractivity contribution in [3.05, 3.63) is 29.8 Å². The third kappa shape index (κ3) is 5.48. The Bertz CT molecular complexity index is 391. The molecule has 0 aromatic heterocycles. The van der Waals surface area contributed by atoms with Crippen LogP contribution < -0.4 is 4.74 Å². The Balaban J connectivity index is 2.58. The Morgan fingerprint density at radius 2 is 1.79 bits per heavy atom. The zero-order chi connectivity index (χ0) is 14.5.